The van der Waals surface area contributed by atoms with E-state index in [1.165, 1.54) is 11.1 Å². The summed E-state index contributed by atoms with van der Waals surface area (Å²) >= 11 is 0. The highest BCUT2D eigenvalue weighted by molar-refractivity contribution is 5.13. The van der Waals surface area contributed by atoms with Crippen molar-refractivity contribution < 1.29 is 13.7 Å². The van der Waals surface area contributed by atoms with Crippen LogP contribution in [0.25, 0.3) is 0 Å². The van der Waals surface area contributed by atoms with Gasteiger partial charge in [-0.1, -0.05) is 85.0 Å². The Labute approximate surface area is 244 Å². The highest BCUT2D eigenvalue weighted by Gasteiger charge is 2.05. The van der Waals surface area contributed by atoms with Gasteiger partial charge in [-0.25, -0.2) is 27.4 Å². The summed E-state index contributed by atoms with van der Waals surface area (Å²) in [6, 6.07) is 21.2. The van der Waals surface area contributed by atoms with E-state index < -0.39 is 0 Å². The number of benzene rings is 2. The maximum absolute atomic E-state index is 2.31. The average Bonchev–Trinajstić information content (AvgIpc) is 3.76. The maximum Gasteiger partial charge on any atom is 0.244 e. The van der Waals surface area contributed by atoms with Crippen molar-refractivity contribution in [1.82, 2.24) is 13.7 Å². The van der Waals surface area contributed by atoms with Crippen molar-refractivity contribution in [2.45, 2.75) is 65.0 Å². The number of imidazole rings is 3. The molecule has 0 aliphatic heterocycles. The van der Waals surface area contributed by atoms with E-state index in [1.807, 2.05) is 0 Å². The fraction of sp³-hybridized carbons (Fsp3) is 0.286. The van der Waals surface area contributed by atoms with E-state index in [4.69, 9.17) is 0 Å². The van der Waals surface area contributed by atoms with Gasteiger partial charge in [0.15, 0.2) is 0 Å². The van der Waals surface area contributed by atoms with Crippen LogP contribution in [0.4, 0.5) is 0 Å². The second-order valence-corrected chi connectivity index (χ2v) is 10.6. The Morgan fingerprint density at radius 1 is 0.463 bits per heavy atom. The Balaban J connectivity index is 0.921. The zero-order valence-corrected chi connectivity index (χ0v) is 24.0. The van der Waals surface area contributed by atoms with Gasteiger partial charge in [-0.15, -0.1) is 0 Å². The summed E-state index contributed by atoms with van der Waals surface area (Å²) in [5.74, 6) is 0. The predicted molar refractivity (Wildman–Crippen MR) is 162 cm³/mol. The zero-order valence-electron chi connectivity index (χ0n) is 24.0. The largest absolute Gasteiger partial charge is 0.244 e. The van der Waals surface area contributed by atoms with Crippen molar-refractivity contribution in [1.29, 1.82) is 0 Å². The van der Waals surface area contributed by atoms with E-state index in [-0.39, 0.29) is 0 Å². The Kier molecular flexibility index (Phi) is 10.5. The fourth-order valence-corrected chi connectivity index (χ4v) is 4.99. The highest BCUT2D eigenvalue weighted by atomic mass is 15.1. The molecule has 0 N–H and O–H groups in total. The van der Waals surface area contributed by atoms with Gasteiger partial charge < -0.3 is 0 Å². The minimum absolute atomic E-state index is 0.918. The predicted octanol–water partition coefficient (Wildman–Crippen LogP) is 5.12. The molecule has 2 aromatic carbocycles. The SMILES string of the molecule is C(=C/CCn1cc[n+](Cc2ccccc2)c1)/CCn1cc[n+](CC/C=C\CCn2cc[n+](Cc3ccccc3)c2)c1. The van der Waals surface area contributed by atoms with E-state index in [0.717, 1.165) is 65.0 Å². The lowest BCUT2D eigenvalue weighted by Crippen LogP contribution is -2.31. The molecule has 6 heteroatoms. The van der Waals surface area contributed by atoms with Crippen LogP contribution in [0, 0.1) is 0 Å². The quantitative estimate of drug-likeness (QED) is 0.121. The molecule has 3 aromatic heterocycles. The van der Waals surface area contributed by atoms with Gasteiger partial charge in [0, 0.05) is 25.7 Å². The summed E-state index contributed by atoms with van der Waals surface area (Å²) in [4.78, 5) is 0. The number of rotatable bonds is 16. The topological polar surface area (TPSA) is 26.4 Å². The first-order chi connectivity index (χ1) is 20.3. The van der Waals surface area contributed by atoms with E-state index >= 15 is 0 Å². The Morgan fingerprint density at radius 3 is 1.32 bits per heavy atom. The number of nitrogens with zero attached hydrogens (tertiary/aromatic N) is 6. The van der Waals surface area contributed by atoms with Gasteiger partial charge in [-0.3, -0.25) is 0 Å². The third-order valence-corrected chi connectivity index (χ3v) is 7.20. The van der Waals surface area contributed by atoms with Crippen molar-refractivity contribution >= 4 is 0 Å². The van der Waals surface area contributed by atoms with E-state index in [2.05, 4.69) is 169 Å². The lowest BCUT2D eigenvalue weighted by Gasteiger charge is -1.96. The van der Waals surface area contributed by atoms with E-state index in [1.54, 1.807) is 0 Å². The number of hydrogen-bond donors (Lipinski definition) is 0. The van der Waals surface area contributed by atoms with Gasteiger partial charge in [0.1, 0.15) is 50.3 Å². The first kappa shape index (κ1) is 28.1. The van der Waals surface area contributed by atoms with Crippen LogP contribution in [0.15, 0.2) is 141 Å². The minimum Gasteiger partial charge on any atom is -0.237 e. The molecule has 41 heavy (non-hydrogen) atoms. The Morgan fingerprint density at radius 2 is 0.854 bits per heavy atom. The second kappa shape index (κ2) is 15.4. The first-order valence-corrected chi connectivity index (χ1v) is 14.8. The summed E-state index contributed by atoms with van der Waals surface area (Å²) in [5.41, 5.74) is 2.66. The van der Waals surface area contributed by atoms with Crippen LogP contribution < -0.4 is 13.7 Å². The van der Waals surface area contributed by atoms with Gasteiger partial charge in [0.25, 0.3) is 0 Å². The van der Waals surface area contributed by atoms with Crippen molar-refractivity contribution in [2.75, 3.05) is 0 Å². The molecule has 210 valence electrons. The molecule has 0 aliphatic rings. The van der Waals surface area contributed by atoms with Gasteiger partial charge in [-0.05, 0) is 11.1 Å². The third-order valence-electron chi connectivity index (χ3n) is 7.20. The third kappa shape index (κ3) is 9.60. The zero-order chi connectivity index (χ0) is 28.0. The van der Waals surface area contributed by atoms with Crippen molar-refractivity contribution in [3.05, 3.63) is 152 Å². The Hall–Kier alpha value is -4.45. The molecule has 0 fully saturated rings. The first-order valence-electron chi connectivity index (χ1n) is 14.8. The summed E-state index contributed by atoms with van der Waals surface area (Å²) in [7, 11) is 0. The molecular weight excluding hydrogens is 504 g/mol. The van der Waals surface area contributed by atoms with Gasteiger partial charge in [0.2, 0.25) is 19.0 Å². The summed E-state index contributed by atoms with van der Waals surface area (Å²) in [6.07, 6.45) is 33.0. The molecule has 5 rings (SSSR count). The summed E-state index contributed by atoms with van der Waals surface area (Å²) in [6.45, 7) is 5.88. The van der Waals surface area contributed by atoms with Crippen LogP contribution in [0.5, 0.6) is 0 Å². The van der Waals surface area contributed by atoms with Crippen LogP contribution >= 0.6 is 0 Å². The molecule has 0 unspecified atom stereocenters. The minimum atomic E-state index is 0.918. The number of aromatic nitrogens is 6. The van der Waals surface area contributed by atoms with Gasteiger partial charge in [-0.2, -0.15) is 0 Å². The van der Waals surface area contributed by atoms with Crippen molar-refractivity contribution in [3.8, 4) is 0 Å². The maximum atomic E-state index is 2.31. The molecule has 0 aliphatic carbocycles. The van der Waals surface area contributed by atoms with Crippen LogP contribution in [-0.4, -0.2) is 13.7 Å². The number of hydrogen-bond acceptors (Lipinski definition) is 0. The molecule has 0 radical (unpaired) electrons. The molecular formula is C35H43N6+3. The molecule has 0 spiro atoms. The molecule has 3 heterocycles. The monoisotopic (exact) mass is 547 g/mol. The number of allylic oxidation sites excluding steroid dienone is 4. The highest BCUT2D eigenvalue weighted by Crippen LogP contribution is 2.01. The van der Waals surface area contributed by atoms with E-state index in [9.17, 15) is 0 Å². The van der Waals surface area contributed by atoms with Crippen LogP contribution in [0.1, 0.15) is 36.8 Å². The van der Waals surface area contributed by atoms with Gasteiger partial charge >= 0.3 is 0 Å². The summed E-state index contributed by atoms with van der Waals surface area (Å²) < 4.78 is 13.6. The Bertz CT molecular complexity index is 1380. The molecule has 6 nitrogen and oxygen atoms in total. The average molecular weight is 548 g/mol. The molecule has 0 atom stereocenters. The molecule has 0 bridgehead atoms. The van der Waals surface area contributed by atoms with Crippen molar-refractivity contribution in [2.24, 2.45) is 0 Å². The standard InChI is InChI=1S/C35H43N6/c1(3-13-21-38-25-27-40(32-38)29-34-15-7-5-8-16-34)11-19-36-23-24-37(31-36)20-12-2-4-14-22-39-26-28-41(33-39)30-35-17-9-6-10-18-35/h1-10,15-18,23-28,31-33H,11-14,19-22,29-30H2/q+3/b3-1-,4-2-. The summed E-state index contributed by atoms with van der Waals surface area (Å²) in [5, 5.41) is 0. The molecule has 0 saturated heterocycles. The lowest BCUT2D eigenvalue weighted by atomic mass is 10.2. The molecule has 0 saturated carbocycles. The molecule has 0 amide bonds. The van der Waals surface area contributed by atoms with E-state index in [0.29, 0.717) is 0 Å². The smallest absolute Gasteiger partial charge is 0.237 e. The lowest BCUT2D eigenvalue weighted by molar-refractivity contribution is -0.695. The fourth-order valence-electron chi connectivity index (χ4n) is 4.99. The van der Waals surface area contributed by atoms with Crippen LogP contribution in [-0.2, 0) is 39.3 Å². The second-order valence-electron chi connectivity index (χ2n) is 10.6. The normalized spacial score (nSPS) is 11.7. The van der Waals surface area contributed by atoms with Crippen LogP contribution in [0.2, 0.25) is 0 Å². The van der Waals surface area contributed by atoms with Crippen molar-refractivity contribution in [3.63, 3.8) is 0 Å². The molecule has 5 aromatic rings. The van der Waals surface area contributed by atoms with Gasteiger partial charge in [0.05, 0.1) is 26.2 Å². The van der Waals surface area contributed by atoms with Crippen LogP contribution in [0.3, 0.4) is 0 Å². The number of aryl methyl sites for hydroxylation is 4.